The normalized spacial score (nSPS) is 10.3. The highest BCUT2D eigenvalue weighted by Crippen LogP contribution is 2.27. The fraction of sp³-hybridized carbons (Fsp3) is 0.250. The molecule has 1 aromatic carbocycles. The first kappa shape index (κ1) is 19.3. The SMILES string of the molecule is CCOC(=O)c1sc(NC(=O)COc2ccc([N+](=O)[O-])c(F)c2)cc1C. The number of halogens is 1. The zero-order chi connectivity index (χ0) is 19.3. The van der Waals surface area contributed by atoms with Crippen molar-refractivity contribution in [2.24, 2.45) is 0 Å². The third-order valence-corrected chi connectivity index (χ3v) is 4.26. The van der Waals surface area contributed by atoms with Crippen LogP contribution in [0.15, 0.2) is 24.3 Å². The Hall–Kier alpha value is -3.01. The predicted molar refractivity (Wildman–Crippen MR) is 92.2 cm³/mol. The summed E-state index contributed by atoms with van der Waals surface area (Å²) < 4.78 is 23.5. The van der Waals surface area contributed by atoms with Crippen LogP contribution in [0.2, 0.25) is 0 Å². The van der Waals surface area contributed by atoms with Gasteiger partial charge in [0.2, 0.25) is 5.82 Å². The summed E-state index contributed by atoms with van der Waals surface area (Å²) >= 11 is 1.07. The maximum Gasteiger partial charge on any atom is 0.348 e. The van der Waals surface area contributed by atoms with Gasteiger partial charge in [0, 0.05) is 12.1 Å². The van der Waals surface area contributed by atoms with Crippen LogP contribution in [0.3, 0.4) is 0 Å². The number of benzene rings is 1. The Kier molecular flexibility index (Phi) is 6.23. The number of esters is 1. The lowest BCUT2D eigenvalue weighted by atomic mass is 10.3. The number of carbonyl (C=O) groups excluding carboxylic acids is 2. The summed E-state index contributed by atoms with van der Waals surface area (Å²) in [5.74, 6) is -2.06. The van der Waals surface area contributed by atoms with E-state index in [0.29, 0.717) is 15.4 Å². The van der Waals surface area contributed by atoms with E-state index in [1.165, 1.54) is 6.07 Å². The topological polar surface area (TPSA) is 108 Å². The van der Waals surface area contributed by atoms with Crippen LogP contribution in [0.1, 0.15) is 22.2 Å². The number of aryl methyl sites for hydroxylation is 1. The predicted octanol–water partition coefficient (Wildman–Crippen LogP) is 3.30. The van der Waals surface area contributed by atoms with Gasteiger partial charge in [-0.3, -0.25) is 14.9 Å². The first-order chi connectivity index (χ1) is 12.3. The van der Waals surface area contributed by atoms with Crippen LogP contribution >= 0.6 is 11.3 Å². The molecule has 1 amide bonds. The second-order valence-corrected chi connectivity index (χ2v) is 6.10. The molecule has 0 aliphatic rings. The standard InChI is InChI=1S/C16H15FN2O6S/c1-3-24-16(21)15-9(2)6-14(26-15)18-13(20)8-25-10-4-5-12(19(22)23)11(17)7-10/h4-7H,3,8H2,1-2H3,(H,18,20). The molecule has 2 aromatic rings. The summed E-state index contributed by atoms with van der Waals surface area (Å²) in [6, 6.07) is 4.61. The van der Waals surface area contributed by atoms with Gasteiger partial charge in [0.05, 0.1) is 16.5 Å². The largest absolute Gasteiger partial charge is 0.484 e. The molecule has 8 nitrogen and oxygen atoms in total. The minimum absolute atomic E-state index is 0.0159. The minimum Gasteiger partial charge on any atom is -0.484 e. The summed E-state index contributed by atoms with van der Waals surface area (Å²) in [5, 5.41) is 13.5. The van der Waals surface area contributed by atoms with Crippen LogP contribution in [-0.4, -0.2) is 30.0 Å². The fourth-order valence-corrected chi connectivity index (χ4v) is 2.97. The van der Waals surface area contributed by atoms with E-state index in [9.17, 15) is 24.1 Å². The molecule has 1 N–H and O–H groups in total. The number of anilines is 1. The first-order valence-electron chi connectivity index (χ1n) is 7.46. The van der Waals surface area contributed by atoms with Crippen LogP contribution in [0, 0.1) is 22.9 Å². The lowest BCUT2D eigenvalue weighted by molar-refractivity contribution is -0.387. The number of nitro groups is 1. The number of ether oxygens (including phenoxy) is 2. The average molecular weight is 382 g/mol. The van der Waals surface area contributed by atoms with E-state index in [-0.39, 0.29) is 12.4 Å². The van der Waals surface area contributed by atoms with E-state index in [0.717, 1.165) is 23.5 Å². The number of hydrogen-bond donors (Lipinski definition) is 1. The maximum absolute atomic E-state index is 13.5. The lowest BCUT2D eigenvalue weighted by Crippen LogP contribution is -2.19. The summed E-state index contributed by atoms with van der Waals surface area (Å²) in [6.45, 7) is 3.23. The summed E-state index contributed by atoms with van der Waals surface area (Å²) in [5.41, 5.74) is -0.00975. The second kappa shape index (κ2) is 8.39. The van der Waals surface area contributed by atoms with Gasteiger partial charge < -0.3 is 14.8 Å². The molecule has 0 saturated carbocycles. The van der Waals surface area contributed by atoms with Crippen molar-refractivity contribution >= 4 is 33.9 Å². The number of nitrogens with one attached hydrogen (secondary N) is 1. The van der Waals surface area contributed by atoms with Crippen LogP contribution in [0.4, 0.5) is 15.1 Å². The zero-order valence-electron chi connectivity index (χ0n) is 13.9. The van der Waals surface area contributed by atoms with Crippen LogP contribution in [0.25, 0.3) is 0 Å². The van der Waals surface area contributed by atoms with Gasteiger partial charge in [0.15, 0.2) is 6.61 Å². The van der Waals surface area contributed by atoms with Gasteiger partial charge in [-0.05, 0) is 31.5 Å². The smallest absolute Gasteiger partial charge is 0.348 e. The average Bonchev–Trinajstić information content (AvgIpc) is 2.93. The number of hydrogen-bond acceptors (Lipinski definition) is 7. The van der Waals surface area contributed by atoms with Crippen molar-refractivity contribution in [2.75, 3.05) is 18.5 Å². The maximum atomic E-state index is 13.5. The number of nitrogens with zero attached hydrogens (tertiary/aromatic N) is 1. The monoisotopic (exact) mass is 382 g/mol. The van der Waals surface area contributed by atoms with Crippen LogP contribution in [0.5, 0.6) is 5.75 Å². The molecule has 0 radical (unpaired) electrons. The van der Waals surface area contributed by atoms with Crippen molar-refractivity contribution in [1.29, 1.82) is 0 Å². The minimum atomic E-state index is -1.05. The van der Waals surface area contributed by atoms with Gasteiger partial charge in [-0.25, -0.2) is 4.79 Å². The molecule has 0 fully saturated rings. The van der Waals surface area contributed by atoms with Crippen LogP contribution < -0.4 is 10.1 Å². The van der Waals surface area contributed by atoms with E-state index < -0.39 is 34.9 Å². The van der Waals surface area contributed by atoms with E-state index in [4.69, 9.17) is 9.47 Å². The summed E-state index contributed by atoms with van der Waals surface area (Å²) in [4.78, 5) is 33.7. The third-order valence-electron chi connectivity index (χ3n) is 3.13. The van der Waals surface area contributed by atoms with Gasteiger partial charge in [-0.15, -0.1) is 11.3 Å². The fourth-order valence-electron chi connectivity index (χ4n) is 1.99. The molecule has 1 aromatic heterocycles. The van der Waals surface area contributed by atoms with Crippen molar-refractivity contribution in [3.8, 4) is 5.75 Å². The van der Waals surface area contributed by atoms with Gasteiger partial charge in [-0.1, -0.05) is 0 Å². The van der Waals surface area contributed by atoms with E-state index in [1.807, 2.05) is 0 Å². The number of rotatable bonds is 7. The van der Waals surface area contributed by atoms with Gasteiger partial charge in [0.1, 0.15) is 10.6 Å². The molecule has 0 atom stereocenters. The van der Waals surface area contributed by atoms with E-state index >= 15 is 0 Å². The Bertz CT molecular complexity index is 851. The molecular formula is C16H15FN2O6S. The van der Waals surface area contributed by atoms with Gasteiger partial charge >= 0.3 is 11.7 Å². The molecule has 0 spiro atoms. The number of amides is 1. The zero-order valence-corrected chi connectivity index (χ0v) is 14.7. The molecule has 10 heteroatoms. The quantitative estimate of drug-likeness (QED) is 0.447. The molecule has 0 unspecified atom stereocenters. The van der Waals surface area contributed by atoms with Crippen molar-refractivity contribution in [1.82, 2.24) is 0 Å². The van der Waals surface area contributed by atoms with Crippen molar-refractivity contribution in [2.45, 2.75) is 13.8 Å². The lowest BCUT2D eigenvalue weighted by Gasteiger charge is -2.06. The molecule has 2 rings (SSSR count). The summed E-state index contributed by atoms with van der Waals surface area (Å²) in [7, 11) is 0. The molecule has 0 aliphatic heterocycles. The highest BCUT2D eigenvalue weighted by molar-refractivity contribution is 7.18. The van der Waals surface area contributed by atoms with Crippen molar-refractivity contribution in [3.05, 3.63) is 50.6 Å². The van der Waals surface area contributed by atoms with E-state index in [2.05, 4.69) is 5.32 Å². The highest BCUT2D eigenvalue weighted by atomic mass is 32.1. The highest BCUT2D eigenvalue weighted by Gasteiger charge is 2.17. The molecule has 0 aliphatic carbocycles. The van der Waals surface area contributed by atoms with E-state index in [1.54, 1.807) is 19.9 Å². The van der Waals surface area contributed by atoms with Crippen molar-refractivity contribution in [3.63, 3.8) is 0 Å². The second-order valence-electron chi connectivity index (χ2n) is 5.05. The molecule has 0 saturated heterocycles. The first-order valence-corrected chi connectivity index (χ1v) is 8.27. The Morgan fingerprint density at radius 2 is 2.08 bits per heavy atom. The van der Waals surface area contributed by atoms with Gasteiger partial charge in [0.25, 0.3) is 5.91 Å². The number of carbonyl (C=O) groups is 2. The molecular weight excluding hydrogens is 367 g/mol. The van der Waals surface area contributed by atoms with Gasteiger partial charge in [-0.2, -0.15) is 4.39 Å². The molecule has 26 heavy (non-hydrogen) atoms. The summed E-state index contributed by atoms with van der Waals surface area (Å²) in [6.07, 6.45) is 0. The number of thiophene rings is 1. The Balaban J connectivity index is 1.95. The number of nitro benzene ring substituents is 1. The molecule has 1 heterocycles. The Morgan fingerprint density at radius 3 is 2.69 bits per heavy atom. The third kappa shape index (κ3) is 4.76. The molecule has 0 bridgehead atoms. The molecule has 138 valence electrons. The Morgan fingerprint density at radius 1 is 1.35 bits per heavy atom. The van der Waals surface area contributed by atoms with Crippen LogP contribution in [-0.2, 0) is 9.53 Å². The van der Waals surface area contributed by atoms with Crippen molar-refractivity contribution < 1.29 is 28.4 Å². The Labute approximate surface area is 151 Å².